The molecule has 1 aromatic carbocycles. The van der Waals surface area contributed by atoms with E-state index in [9.17, 15) is 4.79 Å². The van der Waals surface area contributed by atoms with Gasteiger partial charge in [-0.3, -0.25) is 4.79 Å². The van der Waals surface area contributed by atoms with E-state index in [1.54, 1.807) is 6.07 Å². The third-order valence-electron chi connectivity index (χ3n) is 4.46. The van der Waals surface area contributed by atoms with Gasteiger partial charge in [-0.25, -0.2) is 9.97 Å². The highest BCUT2D eigenvalue weighted by atomic mass is 16.2. The maximum Gasteiger partial charge on any atom is 0.272 e. The summed E-state index contributed by atoms with van der Waals surface area (Å²) in [7, 11) is 2.07. The molecule has 0 atom stereocenters. The molecule has 2 heterocycles. The molecule has 0 radical (unpaired) electrons. The van der Waals surface area contributed by atoms with E-state index in [-0.39, 0.29) is 5.91 Å². The molecule has 1 aliphatic rings. The summed E-state index contributed by atoms with van der Waals surface area (Å²) in [6, 6.07) is 7.86. The molecule has 2 aromatic rings. The third-order valence-corrected chi connectivity index (χ3v) is 4.46. The number of rotatable bonds is 3. The average Bonchev–Trinajstić information content (AvgIpc) is 2.58. The summed E-state index contributed by atoms with van der Waals surface area (Å²) < 4.78 is 0. The van der Waals surface area contributed by atoms with E-state index in [1.165, 1.54) is 17.5 Å². The molecule has 0 unspecified atom stereocenters. The van der Waals surface area contributed by atoms with E-state index in [0.29, 0.717) is 11.5 Å². The van der Waals surface area contributed by atoms with E-state index in [1.807, 2.05) is 11.0 Å². The van der Waals surface area contributed by atoms with E-state index in [2.05, 4.69) is 53.2 Å². The number of amides is 1. The van der Waals surface area contributed by atoms with E-state index >= 15 is 0 Å². The van der Waals surface area contributed by atoms with Crippen LogP contribution in [0.2, 0.25) is 0 Å². The fourth-order valence-corrected chi connectivity index (χ4v) is 2.68. The van der Waals surface area contributed by atoms with Gasteiger partial charge in [-0.05, 0) is 44.2 Å². The number of nitrogens with one attached hydrogen (secondary N) is 1. The van der Waals surface area contributed by atoms with Gasteiger partial charge in [-0.1, -0.05) is 6.07 Å². The quantitative estimate of drug-likeness (QED) is 0.937. The number of carbonyl (C=O) groups is 1. The largest absolute Gasteiger partial charge is 0.340 e. The standard InChI is InChI=1S/C18H23N5O/c1-13-4-5-15(10-14(13)2)21-17-11-16(19-12-20-17)18(24)23-8-6-22(3)7-9-23/h4-5,10-12H,6-9H2,1-3H3,(H,19,20,21). The van der Waals surface area contributed by atoms with Gasteiger partial charge in [0.25, 0.3) is 5.91 Å². The van der Waals surface area contributed by atoms with Crippen molar-refractivity contribution in [2.24, 2.45) is 0 Å². The van der Waals surface area contributed by atoms with Crippen LogP contribution in [0.25, 0.3) is 0 Å². The Morgan fingerprint density at radius 3 is 2.50 bits per heavy atom. The topological polar surface area (TPSA) is 61.4 Å². The molecule has 0 saturated carbocycles. The summed E-state index contributed by atoms with van der Waals surface area (Å²) in [6.45, 7) is 7.41. The van der Waals surface area contributed by atoms with Crippen molar-refractivity contribution in [1.82, 2.24) is 19.8 Å². The molecule has 1 N–H and O–H groups in total. The first-order valence-corrected chi connectivity index (χ1v) is 8.17. The molecule has 1 fully saturated rings. The van der Waals surface area contributed by atoms with E-state index < -0.39 is 0 Å². The highest BCUT2D eigenvalue weighted by molar-refractivity contribution is 5.93. The fourth-order valence-electron chi connectivity index (χ4n) is 2.68. The zero-order chi connectivity index (χ0) is 17.1. The Morgan fingerprint density at radius 1 is 1.04 bits per heavy atom. The van der Waals surface area contributed by atoms with Gasteiger partial charge in [0.15, 0.2) is 0 Å². The lowest BCUT2D eigenvalue weighted by molar-refractivity contribution is 0.0658. The zero-order valence-electron chi connectivity index (χ0n) is 14.4. The molecular weight excluding hydrogens is 302 g/mol. The molecule has 1 saturated heterocycles. The monoisotopic (exact) mass is 325 g/mol. The van der Waals surface area contributed by atoms with Crippen molar-refractivity contribution >= 4 is 17.4 Å². The fraction of sp³-hybridized carbons (Fsp3) is 0.389. The normalized spacial score (nSPS) is 15.4. The highest BCUT2D eigenvalue weighted by Gasteiger charge is 2.21. The Kier molecular flexibility index (Phi) is 4.76. The number of anilines is 2. The minimum absolute atomic E-state index is 0.0337. The molecular formula is C18H23N5O. The molecule has 126 valence electrons. The molecule has 3 rings (SSSR count). The van der Waals surface area contributed by atoms with Crippen LogP contribution in [-0.4, -0.2) is 58.9 Å². The average molecular weight is 325 g/mol. The Labute approximate surface area is 142 Å². The summed E-state index contributed by atoms with van der Waals surface area (Å²) in [5, 5.41) is 3.25. The van der Waals surface area contributed by atoms with Crippen LogP contribution in [0.4, 0.5) is 11.5 Å². The van der Waals surface area contributed by atoms with Crippen LogP contribution in [0.3, 0.4) is 0 Å². The molecule has 6 nitrogen and oxygen atoms in total. The number of hydrogen-bond donors (Lipinski definition) is 1. The maximum absolute atomic E-state index is 12.6. The molecule has 1 aliphatic heterocycles. The number of hydrogen-bond acceptors (Lipinski definition) is 5. The van der Waals surface area contributed by atoms with Crippen molar-refractivity contribution in [3.05, 3.63) is 47.4 Å². The van der Waals surface area contributed by atoms with Gasteiger partial charge in [0.05, 0.1) is 0 Å². The van der Waals surface area contributed by atoms with Crippen LogP contribution in [0.5, 0.6) is 0 Å². The van der Waals surface area contributed by atoms with E-state index in [0.717, 1.165) is 31.9 Å². The molecule has 0 bridgehead atoms. The summed E-state index contributed by atoms with van der Waals surface area (Å²) in [5.41, 5.74) is 3.84. The second-order valence-electron chi connectivity index (χ2n) is 6.31. The van der Waals surface area contributed by atoms with Crippen LogP contribution in [0.15, 0.2) is 30.6 Å². The lowest BCUT2D eigenvalue weighted by atomic mass is 10.1. The van der Waals surface area contributed by atoms with Crippen LogP contribution >= 0.6 is 0 Å². The Bertz CT molecular complexity index is 738. The van der Waals surface area contributed by atoms with Crippen LogP contribution in [0, 0.1) is 13.8 Å². The van der Waals surface area contributed by atoms with Gasteiger partial charge < -0.3 is 15.1 Å². The molecule has 24 heavy (non-hydrogen) atoms. The van der Waals surface area contributed by atoms with Crippen molar-refractivity contribution in [2.75, 3.05) is 38.5 Å². The number of aryl methyl sites for hydroxylation is 2. The predicted molar refractivity (Wildman–Crippen MR) is 94.6 cm³/mol. The van der Waals surface area contributed by atoms with Crippen LogP contribution in [0.1, 0.15) is 21.6 Å². The number of benzene rings is 1. The van der Waals surface area contributed by atoms with E-state index in [4.69, 9.17) is 0 Å². The van der Waals surface area contributed by atoms with Crippen LogP contribution in [-0.2, 0) is 0 Å². The van der Waals surface area contributed by atoms with Crippen molar-refractivity contribution in [3.8, 4) is 0 Å². The predicted octanol–water partition coefficient (Wildman–Crippen LogP) is 2.22. The molecule has 1 aromatic heterocycles. The Balaban J connectivity index is 1.73. The summed E-state index contributed by atoms with van der Waals surface area (Å²) >= 11 is 0. The molecule has 6 heteroatoms. The minimum atomic E-state index is -0.0337. The Morgan fingerprint density at radius 2 is 1.79 bits per heavy atom. The summed E-state index contributed by atoms with van der Waals surface area (Å²) in [6.07, 6.45) is 1.44. The van der Waals surface area contributed by atoms with Crippen molar-refractivity contribution in [2.45, 2.75) is 13.8 Å². The van der Waals surface area contributed by atoms with Crippen molar-refractivity contribution < 1.29 is 4.79 Å². The number of likely N-dealkylation sites (N-methyl/N-ethyl adjacent to an activating group) is 1. The van der Waals surface area contributed by atoms with Gasteiger partial charge in [0, 0.05) is 37.9 Å². The number of aromatic nitrogens is 2. The van der Waals surface area contributed by atoms with Gasteiger partial charge in [0.2, 0.25) is 0 Å². The summed E-state index contributed by atoms with van der Waals surface area (Å²) in [4.78, 5) is 25.0. The lowest BCUT2D eigenvalue weighted by Crippen LogP contribution is -2.47. The second-order valence-corrected chi connectivity index (χ2v) is 6.31. The highest BCUT2D eigenvalue weighted by Crippen LogP contribution is 2.19. The van der Waals surface area contributed by atoms with Gasteiger partial charge in [0.1, 0.15) is 17.8 Å². The zero-order valence-corrected chi connectivity index (χ0v) is 14.4. The second kappa shape index (κ2) is 6.97. The lowest BCUT2D eigenvalue weighted by Gasteiger charge is -2.32. The smallest absolute Gasteiger partial charge is 0.272 e. The van der Waals surface area contributed by atoms with Crippen LogP contribution < -0.4 is 5.32 Å². The first-order chi connectivity index (χ1) is 11.5. The third kappa shape index (κ3) is 3.71. The molecule has 1 amide bonds. The number of nitrogens with zero attached hydrogens (tertiary/aromatic N) is 4. The van der Waals surface area contributed by atoms with Crippen molar-refractivity contribution in [3.63, 3.8) is 0 Å². The molecule has 0 aliphatic carbocycles. The SMILES string of the molecule is Cc1ccc(Nc2cc(C(=O)N3CCN(C)CC3)ncn2)cc1C. The minimum Gasteiger partial charge on any atom is -0.340 e. The van der Waals surface area contributed by atoms with Gasteiger partial charge in [-0.15, -0.1) is 0 Å². The first kappa shape index (κ1) is 16.4. The number of carbonyl (C=O) groups excluding carboxylic acids is 1. The number of piperazine rings is 1. The first-order valence-electron chi connectivity index (χ1n) is 8.17. The van der Waals surface area contributed by atoms with Gasteiger partial charge >= 0.3 is 0 Å². The maximum atomic E-state index is 12.6. The summed E-state index contributed by atoms with van der Waals surface area (Å²) in [5.74, 6) is 0.597. The molecule has 0 spiro atoms. The Hall–Kier alpha value is -2.47. The van der Waals surface area contributed by atoms with Gasteiger partial charge in [-0.2, -0.15) is 0 Å². The van der Waals surface area contributed by atoms with Crippen molar-refractivity contribution in [1.29, 1.82) is 0 Å².